The molecule has 1 N–H and O–H groups in total. The zero-order chi connectivity index (χ0) is 21.1. The van der Waals surface area contributed by atoms with E-state index in [1.807, 2.05) is 42.4 Å². The Kier molecular flexibility index (Phi) is 5.91. The molecule has 0 unspecified atom stereocenters. The van der Waals surface area contributed by atoms with Gasteiger partial charge in [0, 0.05) is 62.5 Å². The van der Waals surface area contributed by atoms with E-state index in [0.717, 1.165) is 42.3 Å². The second-order valence-electron chi connectivity index (χ2n) is 7.42. The average Bonchev–Trinajstić information content (AvgIpc) is 3.42. The first kappa shape index (κ1) is 20.2. The molecule has 30 heavy (non-hydrogen) atoms. The Labute approximate surface area is 179 Å². The van der Waals surface area contributed by atoms with E-state index >= 15 is 0 Å². The molecule has 2 aromatic heterocycles. The van der Waals surface area contributed by atoms with Crippen LogP contribution in [0.3, 0.4) is 0 Å². The second-order valence-corrected chi connectivity index (χ2v) is 8.27. The Bertz CT molecular complexity index is 1030. The van der Waals surface area contributed by atoms with Crippen LogP contribution in [0.4, 0.5) is 0 Å². The molecule has 0 bridgehead atoms. The van der Waals surface area contributed by atoms with E-state index in [4.69, 9.17) is 0 Å². The van der Waals surface area contributed by atoms with Crippen molar-refractivity contribution in [3.63, 3.8) is 0 Å². The van der Waals surface area contributed by atoms with Crippen molar-refractivity contribution in [2.24, 2.45) is 7.05 Å². The molecule has 0 radical (unpaired) electrons. The summed E-state index contributed by atoms with van der Waals surface area (Å²) in [4.78, 5) is 33.5. The standard InChI is InChI=1S/C21H24N6O2S/c1-25-7-9-27(10-8-25)21(29)16-5-3-15(4-6-16)11-22-19(28)18-14-30-20(24-18)17-12-23-26(2)13-17/h3-6,12-14H,7-11H2,1-2H3,(H,22,28). The maximum atomic E-state index is 12.6. The van der Waals surface area contributed by atoms with Crippen molar-refractivity contribution in [3.8, 4) is 10.6 Å². The van der Waals surface area contributed by atoms with Gasteiger partial charge in [-0.05, 0) is 24.7 Å². The fraction of sp³-hybridized carbons (Fsp3) is 0.333. The molecule has 3 heterocycles. The first-order valence-electron chi connectivity index (χ1n) is 9.79. The summed E-state index contributed by atoms with van der Waals surface area (Å²) in [5, 5.41) is 9.52. The van der Waals surface area contributed by atoms with Crippen molar-refractivity contribution < 1.29 is 9.59 Å². The van der Waals surface area contributed by atoms with Crippen LogP contribution in [0.25, 0.3) is 10.6 Å². The van der Waals surface area contributed by atoms with Gasteiger partial charge in [-0.25, -0.2) is 4.98 Å². The molecule has 9 heteroatoms. The summed E-state index contributed by atoms with van der Waals surface area (Å²) in [6, 6.07) is 7.41. The van der Waals surface area contributed by atoms with Gasteiger partial charge in [0.25, 0.3) is 11.8 Å². The molecule has 1 saturated heterocycles. The Morgan fingerprint density at radius 1 is 1.10 bits per heavy atom. The first-order chi connectivity index (χ1) is 14.5. The predicted octanol–water partition coefficient (Wildman–Crippen LogP) is 1.86. The van der Waals surface area contributed by atoms with E-state index < -0.39 is 0 Å². The molecule has 0 aliphatic carbocycles. The zero-order valence-electron chi connectivity index (χ0n) is 17.0. The third-order valence-corrected chi connectivity index (χ3v) is 6.02. The lowest BCUT2D eigenvalue weighted by Crippen LogP contribution is -2.47. The van der Waals surface area contributed by atoms with Crippen molar-refractivity contribution in [2.45, 2.75) is 6.54 Å². The van der Waals surface area contributed by atoms with E-state index in [1.165, 1.54) is 11.3 Å². The van der Waals surface area contributed by atoms with Crippen molar-refractivity contribution in [1.82, 2.24) is 29.9 Å². The lowest BCUT2D eigenvalue weighted by Gasteiger charge is -2.32. The minimum atomic E-state index is -0.223. The van der Waals surface area contributed by atoms with Gasteiger partial charge in [0.2, 0.25) is 0 Å². The molecule has 0 saturated carbocycles. The number of nitrogens with zero attached hydrogens (tertiary/aromatic N) is 5. The highest BCUT2D eigenvalue weighted by Gasteiger charge is 2.20. The van der Waals surface area contributed by atoms with Gasteiger partial charge in [-0.1, -0.05) is 12.1 Å². The molecule has 2 amide bonds. The van der Waals surface area contributed by atoms with Crippen molar-refractivity contribution in [1.29, 1.82) is 0 Å². The fourth-order valence-electron chi connectivity index (χ4n) is 3.27. The van der Waals surface area contributed by atoms with Crippen LogP contribution >= 0.6 is 11.3 Å². The van der Waals surface area contributed by atoms with Crippen LogP contribution in [0.1, 0.15) is 26.4 Å². The molecule has 0 atom stereocenters. The van der Waals surface area contributed by atoms with Crippen LogP contribution in [0.15, 0.2) is 42.0 Å². The third kappa shape index (κ3) is 4.58. The SMILES string of the molecule is CN1CCN(C(=O)c2ccc(CNC(=O)c3csc(-c4cnn(C)c4)n3)cc2)CC1. The fourth-order valence-corrected chi connectivity index (χ4v) is 4.05. The monoisotopic (exact) mass is 424 g/mol. The number of carbonyl (C=O) groups excluding carboxylic acids is 2. The van der Waals surface area contributed by atoms with Crippen LogP contribution in [0, 0.1) is 0 Å². The van der Waals surface area contributed by atoms with Crippen LogP contribution in [0.2, 0.25) is 0 Å². The van der Waals surface area contributed by atoms with Crippen LogP contribution in [-0.2, 0) is 13.6 Å². The number of thiazole rings is 1. The van der Waals surface area contributed by atoms with E-state index in [1.54, 1.807) is 16.3 Å². The number of piperazine rings is 1. The van der Waals surface area contributed by atoms with Crippen molar-refractivity contribution in [3.05, 3.63) is 58.9 Å². The van der Waals surface area contributed by atoms with Crippen molar-refractivity contribution in [2.75, 3.05) is 33.2 Å². The van der Waals surface area contributed by atoms with Crippen molar-refractivity contribution >= 4 is 23.2 Å². The number of rotatable bonds is 5. The van der Waals surface area contributed by atoms with Gasteiger partial charge >= 0.3 is 0 Å². The van der Waals surface area contributed by atoms with Gasteiger partial charge in [-0.3, -0.25) is 14.3 Å². The molecule has 3 aromatic rings. The zero-order valence-corrected chi connectivity index (χ0v) is 17.9. The molecule has 1 aliphatic heterocycles. The Morgan fingerprint density at radius 3 is 2.50 bits per heavy atom. The molecule has 1 fully saturated rings. The normalized spacial score (nSPS) is 14.7. The minimum absolute atomic E-state index is 0.0593. The molecule has 0 spiro atoms. The Balaban J connectivity index is 1.32. The largest absolute Gasteiger partial charge is 0.347 e. The Hall–Kier alpha value is -3.04. The summed E-state index contributed by atoms with van der Waals surface area (Å²) >= 11 is 1.41. The number of aromatic nitrogens is 3. The molecule has 1 aromatic carbocycles. The number of amides is 2. The van der Waals surface area contributed by atoms with Crippen LogP contribution < -0.4 is 5.32 Å². The lowest BCUT2D eigenvalue weighted by molar-refractivity contribution is 0.0664. The minimum Gasteiger partial charge on any atom is -0.347 e. The second kappa shape index (κ2) is 8.76. The van der Waals surface area contributed by atoms with Gasteiger partial charge in [0.15, 0.2) is 0 Å². The number of nitrogens with one attached hydrogen (secondary N) is 1. The van der Waals surface area contributed by atoms with E-state index in [9.17, 15) is 9.59 Å². The van der Waals surface area contributed by atoms with Gasteiger partial charge in [0.05, 0.1) is 6.20 Å². The number of carbonyl (C=O) groups is 2. The number of hydrogen-bond donors (Lipinski definition) is 1. The van der Waals surface area contributed by atoms with E-state index in [-0.39, 0.29) is 11.8 Å². The number of benzene rings is 1. The predicted molar refractivity (Wildman–Crippen MR) is 115 cm³/mol. The topological polar surface area (TPSA) is 83.4 Å². The van der Waals surface area contributed by atoms with E-state index in [0.29, 0.717) is 17.8 Å². The van der Waals surface area contributed by atoms with Crippen LogP contribution in [0.5, 0.6) is 0 Å². The molecule has 4 rings (SSSR count). The number of likely N-dealkylation sites (N-methyl/N-ethyl adjacent to an activating group) is 1. The summed E-state index contributed by atoms with van der Waals surface area (Å²) in [5.74, 6) is -0.164. The number of hydrogen-bond acceptors (Lipinski definition) is 6. The highest BCUT2D eigenvalue weighted by Crippen LogP contribution is 2.22. The Morgan fingerprint density at radius 2 is 1.83 bits per heavy atom. The smallest absolute Gasteiger partial charge is 0.271 e. The molecule has 8 nitrogen and oxygen atoms in total. The van der Waals surface area contributed by atoms with Gasteiger partial charge in [-0.2, -0.15) is 5.10 Å². The first-order valence-corrected chi connectivity index (χ1v) is 10.7. The molecule has 1 aliphatic rings. The maximum absolute atomic E-state index is 12.6. The van der Waals surface area contributed by atoms with Crippen LogP contribution in [-0.4, -0.2) is 69.6 Å². The van der Waals surface area contributed by atoms with Gasteiger partial charge < -0.3 is 15.1 Å². The maximum Gasteiger partial charge on any atom is 0.271 e. The van der Waals surface area contributed by atoms with Gasteiger partial charge in [0.1, 0.15) is 10.7 Å². The average molecular weight is 425 g/mol. The highest BCUT2D eigenvalue weighted by molar-refractivity contribution is 7.13. The van der Waals surface area contributed by atoms with E-state index in [2.05, 4.69) is 27.3 Å². The highest BCUT2D eigenvalue weighted by atomic mass is 32.1. The lowest BCUT2D eigenvalue weighted by atomic mass is 10.1. The third-order valence-electron chi connectivity index (χ3n) is 5.13. The summed E-state index contributed by atoms with van der Waals surface area (Å²) in [7, 11) is 3.91. The summed E-state index contributed by atoms with van der Waals surface area (Å²) in [5.41, 5.74) is 2.89. The summed E-state index contributed by atoms with van der Waals surface area (Å²) in [6.07, 6.45) is 3.59. The summed E-state index contributed by atoms with van der Waals surface area (Å²) < 4.78 is 1.70. The quantitative estimate of drug-likeness (QED) is 0.676. The molecular formula is C21H24N6O2S. The number of aryl methyl sites for hydroxylation is 1. The van der Waals surface area contributed by atoms with Gasteiger partial charge in [-0.15, -0.1) is 11.3 Å². The molecule has 156 valence electrons. The summed E-state index contributed by atoms with van der Waals surface area (Å²) in [6.45, 7) is 3.68. The molecular weight excluding hydrogens is 400 g/mol.